The van der Waals surface area contributed by atoms with Crippen LogP contribution >= 0.6 is 27.5 Å². The van der Waals surface area contributed by atoms with Gasteiger partial charge in [-0.15, -0.1) is 0 Å². The summed E-state index contributed by atoms with van der Waals surface area (Å²) < 4.78 is 0.821. The fourth-order valence-corrected chi connectivity index (χ4v) is 1.90. The second kappa shape index (κ2) is 5.37. The summed E-state index contributed by atoms with van der Waals surface area (Å²) in [5.41, 5.74) is 6.90. The zero-order valence-electron chi connectivity index (χ0n) is 9.15. The average molecular weight is 327 g/mol. The molecule has 0 saturated heterocycles. The average Bonchev–Trinajstić information content (AvgIpc) is 2.34. The van der Waals surface area contributed by atoms with Gasteiger partial charge in [0.2, 0.25) is 0 Å². The van der Waals surface area contributed by atoms with Crippen LogP contribution in [0.25, 0.3) is 0 Å². The molecule has 1 aromatic heterocycles. The fraction of sp³-hybridized carbons (Fsp3) is 0. The molecular weight excluding hydrogens is 318 g/mol. The summed E-state index contributed by atoms with van der Waals surface area (Å²) in [5.74, 6) is -0.347. The quantitative estimate of drug-likeness (QED) is 0.889. The van der Waals surface area contributed by atoms with Crippen molar-refractivity contribution in [1.82, 2.24) is 4.98 Å². The van der Waals surface area contributed by atoms with Gasteiger partial charge in [0, 0.05) is 22.6 Å². The van der Waals surface area contributed by atoms with E-state index < -0.39 is 0 Å². The maximum Gasteiger partial charge on any atom is 0.259 e. The zero-order chi connectivity index (χ0) is 13.1. The summed E-state index contributed by atoms with van der Waals surface area (Å²) in [7, 11) is 0. The van der Waals surface area contributed by atoms with Gasteiger partial charge in [-0.25, -0.2) is 0 Å². The molecular formula is C12H9BrClN3O. The van der Waals surface area contributed by atoms with Gasteiger partial charge in [0.05, 0.1) is 16.3 Å². The summed E-state index contributed by atoms with van der Waals surface area (Å²) >= 11 is 9.30. The van der Waals surface area contributed by atoms with E-state index in [4.69, 9.17) is 17.3 Å². The van der Waals surface area contributed by atoms with Gasteiger partial charge in [-0.05, 0) is 24.3 Å². The number of halogens is 2. The molecule has 1 amide bonds. The van der Waals surface area contributed by atoms with Gasteiger partial charge in [0.25, 0.3) is 5.91 Å². The Morgan fingerprint density at radius 2 is 2.17 bits per heavy atom. The third-order valence-corrected chi connectivity index (χ3v) is 3.10. The minimum atomic E-state index is -0.347. The lowest BCUT2D eigenvalue weighted by atomic mass is 10.2. The number of amides is 1. The van der Waals surface area contributed by atoms with E-state index in [2.05, 4.69) is 26.2 Å². The van der Waals surface area contributed by atoms with Crippen molar-refractivity contribution in [3.05, 3.63) is 51.7 Å². The molecule has 0 bridgehead atoms. The van der Waals surface area contributed by atoms with Crippen LogP contribution < -0.4 is 11.1 Å². The van der Waals surface area contributed by atoms with Crippen molar-refractivity contribution in [2.24, 2.45) is 0 Å². The van der Waals surface area contributed by atoms with E-state index in [-0.39, 0.29) is 5.91 Å². The monoisotopic (exact) mass is 325 g/mol. The molecule has 2 rings (SSSR count). The number of hydrogen-bond donors (Lipinski definition) is 2. The number of anilines is 2. The molecule has 0 fully saturated rings. The van der Waals surface area contributed by atoms with E-state index in [0.29, 0.717) is 22.0 Å². The topological polar surface area (TPSA) is 68.0 Å². The minimum absolute atomic E-state index is 0.313. The molecule has 0 aliphatic heterocycles. The highest BCUT2D eigenvalue weighted by Gasteiger charge is 2.11. The summed E-state index contributed by atoms with van der Waals surface area (Å²) in [5, 5.41) is 3.14. The number of nitrogen functional groups attached to an aromatic ring is 1. The summed E-state index contributed by atoms with van der Waals surface area (Å²) in [6, 6.07) is 6.76. The van der Waals surface area contributed by atoms with Gasteiger partial charge in [0.1, 0.15) is 0 Å². The highest BCUT2D eigenvalue weighted by Crippen LogP contribution is 2.26. The molecule has 0 aliphatic rings. The van der Waals surface area contributed by atoms with Crippen LogP contribution in [-0.2, 0) is 0 Å². The Kier molecular flexibility index (Phi) is 3.84. The van der Waals surface area contributed by atoms with E-state index in [1.54, 1.807) is 24.3 Å². The van der Waals surface area contributed by atoms with E-state index in [1.807, 2.05) is 0 Å². The number of nitrogens with two attached hydrogens (primary N) is 1. The van der Waals surface area contributed by atoms with Crippen molar-refractivity contribution in [3.8, 4) is 0 Å². The van der Waals surface area contributed by atoms with Crippen LogP contribution in [0, 0.1) is 0 Å². The lowest BCUT2D eigenvalue weighted by Gasteiger charge is -2.08. The zero-order valence-corrected chi connectivity index (χ0v) is 11.5. The fourth-order valence-electron chi connectivity index (χ4n) is 1.38. The summed E-state index contributed by atoms with van der Waals surface area (Å²) in [4.78, 5) is 15.9. The van der Waals surface area contributed by atoms with Gasteiger partial charge in [-0.3, -0.25) is 9.78 Å². The van der Waals surface area contributed by atoms with Crippen LogP contribution in [0.3, 0.4) is 0 Å². The van der Waals surface area contributed by atoms with Crippen LogP contribution in [0.4, 0.5) is 11.4 Å². The third-order valence-electron chi connectivity index (χ3n) is 2.28. The number of aromatic nitrogens is 1. The van der Waals surface area contributed by atoms with Gasteiger partial charge in [-0.1, -0.05) is 27.5 Å². The van der Waals surface area contributed by atoms with Crippen LogP contribution in [-0.4, -0.2) is 10.9 Å². The number of carbonyl (C=O) groups excluding carboxylic acids is 1. The third kappa shape index (κ3) is 2.80. The Hall–Kier alpha value is -1.59. The number of hydrogen-bond acceptors (Lipinski definition) is 3. The largest absolute Gasteiger partial charge is 0.398 e. The molecule has 2 aromatic rings. The van der Waals surface area contributed by atoms with Crippen molar-refractivity contribution in [3.63, 3.8) is 0 Å². The van der Waals surface area contributed by atoms with E-state index in [0.717, 1.165) is 4.47 Å². The van der Waals surface area contributed by atoms with E-state index >= 15 is 0 Å². The first kappa shape index (κ1) is 12.9. The predicted molar refractivity (Wildman–Crippen MR) is 75.8 cm³/mol. The second-order valence-corrected chi connectivity index (χ2v) is 4.86. The molecule has 0 radical (unpaired) electrons. The molecule has 0 aliphatic carbocycles. The first-order chi connectivity index (χ1) is 8.58. The van der Waals surface area contributed by atoms with Gasteiger partial charge in [0.15, 0.2) is 0 Å². The molecule has 0 spiro atoms. The number of nitrogens with zero attached hydrogens (tertiary/aromatic N) is 1. The molecule has 1 aromatic carbocycles. The Bertz CT molecular complexity index is 604. The molecule has 0 atom stereocenters. The van der Waals surface area contributed by atoms with Crippen molar-refractivity contribution in [1.29, 1.82) is 0 Å². The Labute approximate surface area is 117 Å². The Morgan fingerprint density at radius 1 is 1.39 bits per heavy atom. The SMILES string of the molecule is Nc1ccncc1C(=O)Nc1cc(Br)ccc1Cl. The molecule has 4 nitrogen and oxygen atoms in total. The number of carbonyl (C=O) groups is 1. The maximum atomic E-state index is 12.0. The van der Waals surface area contributed by atoms with E-state index in [9.17, 15) is 4.79 Å². The van der Waals surface area contributed by atoms with Crippen LogP contribution in [0.15, 0.2) is 41.1 Å². The lowest BCUT2D eigenvalue weighted by Crippen LogP contribution is -2.14. The molecule has 0 saturated carbocycles. The number of rotatable bonds is 2. The highest BCUT2D eigenvalue weighted by molar-refractivity contribution is 9.10. The lowest BCUT2D eigenvalue weighted by molar-refractivity contribution is 0.102. The van der Waals surface area contributed by atoms with Crippen molar-refractivity contribution >= 4 is 44.8 Å². The smallest absolute Gasteiger partial charge is 0.259 e. The van der Waals surface area contributed by atoms with Crippen molar-refractivity contribution in [2.45, 2.75) is 0 Å². The summed E-state index contributed by atoms with van der Waals surface area (Å²) in [6.45, 7) is 0. The van der Waals surface area contributed by atoms with Gasteiger partial charge < -0.3 is 11.1 Å². The Balaban J connectivity index is 2.27. The molecule has 0 unspecified atom stereocenters. The standard InChI is InChI=1S/C12H9BrClN3O/c13-7-1-2-9(14)11(5-7)17-12(18)8-6-16-4-3-10(8)15/h1-6H,(H2,15,16)(H,17,18). The van der Waals surface area contributed by atoms with E-state index in [1.165, 1.54) is 12.4 Å². The number of pyridine rings is 1. The first-order valence-corrected chi connectivity index (χ1v) is 6.21. The molecule has 92 valence electrons. The number of benzene rings is 1. The van der Waals surface area contributed by atoms with Crippen molar-refractivity contribution < 1.29 is 4.79 Å². The second-order valence-electron chi connectivity index (χ2n) is 3.54. The van der Waals surface area contributed by atoms with Gasteiger partial charge in [-0.2, -0.15) is 0 Å². The predicted octanol–water partition coefficient (Wildman–Crippen LogP) is 3.33. The number of nitrogens with one attached hydrogen (secondary N) is 1. The molecule has 6 heteroatoms. The molecule has 1 heterocycles. The Morgan fingerprint density at radius 3 is 2.89 bits per heavy atom. The highest BCUT2D eigenvalue weighted by atomic mass is 79.9. The first-order valence-electron chi connectivity index (χ1n) is 5.04. The molecule has 18 heavy (non-hydrogen) atoms. The summed E-state index contributed by atoms with van der Waals surface area (Å²) in [6.07, 6.45) is 2.94. The minimum Gasteiger partial charge on any atom is -0.398 e. The normalized spacial score (nSPS) is 10.1. The van der Waals surface area contributed by atoms with Gasteiger partial charge >= 0.3 is 0 Å². The maximum absolute atomic E-state index is 12.0. The van der Waals surface area contributed by atoms with Crippen LogP contribution in [0.5, 0.6) is 0 Å². The molecule has 3 N–H and O–H groups in total. The van der Waals surface area contributed by atoms with Crippen LogP contribution in [0.1, 0.15) is 10.4 Å². The van der Waals surface area contributed by atoms with Crippen LogP contribution in [0.2, 0.25) is 5.02 Å². The van der Waals surface area contributed by atoms with Crippen molar-refractivity contribution in [2.75, 3.05) is 11.1 Å².